The molecule has 0 saturated carbocycles. The minimum Gasteiger partial charge on any atom is -0.343 e. The zero-order chi connectivity index (χ0) is 11.7. The van der Waals surface area contributed by atoms with Crippen LogP contribution in [-0.4, -0.2) is 29.3 Å². The van der Waals surface area contributed by atoms with Crippen molar-refractivity contribution in [3.63, 3.8) is 0 Å². The predicted molar refractivity (Wildman–Crippen MR) is 62.4 cm³/mol. The van der Waals surface area contributed by atoms with Gasteiger partial charge in [-0.2, -0.15) is 0 Å². The topological polar surface area (TPSA) is 49.4 Å². The summed E-state index contributed by atoms with van der Waals surface area (Å²) in [6, 6.07) is 3.23. The first-order valence-electron chi connectivity index (χ1n) is 4.88. The fraction of sp³-hybridized carbons (Fsp3) is 0.400. The van der Waals surface area contributed by atoms with Crippen molar-refractivity contribution >= 4 is 34.8 Å². The highest BCUT2D eigenvalue weighted by Crippen LogP contribution is 2.23. The van der Waals surface area contributed by atoms with Crippen molar-refractivity contribution in [1.29, 1.82) is 0 Å². The summed E-state index contributed by atoms with van der Waals surface area (Å²) in [6.07, 6.45) is 0. The Morgan fingerprint density at radius 2 is 2.31 bits per heavy atom. The Balaban J connectivity index is 2.08. The Hall–Kier alpha value is -1.07. The van der Waals surface area contributed by atoms with Crippen LogP contribution in [0.5, 0.6) is 0 Å². The van der Waals surface area contributed by atoms with Crippen LogP contribution in [-0.2, 0) is 16.1 Å². The molecule has 2 heterocycles. The van der Waals surface area contributed by atoms with Crippen LogP contribution in [0, 0.1) is 0 Å². The van der Waals surface area contributed by atoms with Crippen LogP contribution in [0.3, 0.4) is 0 Å². The molecule has 1 saturated heterocycles. The molecule has 1 aliphatic rings. The molecule has 0 radical (unpaired) electrons. The Kier molecular flexibility index (Phi) is 3.16. The number of hydrogen-bond donors (Lipinski definition) is 1. The van der Waals surface area contributed by atoms with Gasteiger partial charge in [-0.15, -0.1) is 11.3 Å². The molecule has 0 spiro atoms. The van der Waals surface area contributed by atoms with Crippen molar-refractivity contribution in [2.24, 2.45) is 0 Å². The fourth-order valence-corrected chi connectivity index (χ4v) is 2.74. The van der Waals surface area contributed by atoms with E-state index in [1.165, 1.54) is 11.3 Å². The monoisotopic (exact) mass is 258 g/mol. The maximum atomic E-state index is 11.8. The van der Waals surface area contributed by atoms with E-state index in [2.05, 4.69) is 5.32 Å². The van der Waals surface area contributed by atoms with Crippen molar-refractivity contribution in [2.75, 3.05) is 6.54 Å². The van der Waals surface area contributed by atoms with Gasteiger partial charge in [0.2, 0.25) is 11.8 Å². The first kappa shape index (κ1) is 11.4. The zero-order valence-electron chi connectivity index (χ0n) is 8.70. The molecule has 6 heteroatoms. The molecule has 1 N–H and O–H groups in total. The maximum Gasteiger partial charge on any atom is 0.245 e. The van der Waals surface area contributed by atoms with Gasteiger partial charge >= 0.3 is 0 Å². The molecule has 0 aliphatic carbocycles. The first-order chi connectivity index (χ1) is 7.56. The van der Waals surface area contributed by atoms with E-state index in [-0.39, 0.29) is 18.4 Å². The van der Waals surface area contributed by atoms with Crippen molar-refractivity contribution in [1.82, 2.24) is 10.2 Å². The number of carbonyl (C=O) groups is 2. The number of piperazine rings is 1. The summed E-state index contributed by atoms with van der Waals surface area (Å²) >= 11 is 7.23. The second-order valence-corrected chi connectivity index (χ2v) is 5.49. The Morgan fingerprint density at radius 3 is 2.94 bits per heavy atom. The molecule has 16 heavy (non-hydrogen) atoms. The standard InChI is InChI=1S/C10H11ClN2O2S/c1-6-10(15)13(5-9(14)12-6)4-7-2-3-8(11)16-7/h2-3,6H,4-5H2,1H3,(H,12,14). The largest absolute Gasteiger partial charge is 0.343 e. The maximum absolute atomic E-state index is 11.8. The summed E-state index contributed by atoms with van der Waals surface area (Å²) in [5, 5.41) is 2.60. The van der Waals surface area contributed by atoms with Crippen LogP contribution in [0.1, 0.15) is 11.8 Å². The summed E-state index contributed by atoms with van der Waals surface area (Å²) in [7, 11) is 0. The molecular weight excluding hydrogens is 248 g/mol. The van der Waals surface area contributed by atoms with E-state index >= 15 is 0 Å². The lowest BCUT2D eigenvalue weighted by Crippen LogP contribution is -2.56. The van der Waals surface area contributed by atoms with Gasteiger partial charge < -0.3 is 10.2 Å². The summed E-state index contributed by atoms with van der Waals surface area (Å²) in [6.45, 7) is 2.26. The van der Waals surface area contributed by atoms with E-state index in [9.17, 15) is 9.59 Å². The molecular formula is C10H11ClN2O2S. The average molecular weight is 259 g/mol. The number of carbonyl (C=O) groups excluding carboxylic acids is 2. The number of rotatable bonds is 2. The lowest BCUT2D eigenvalue weighted by molar-refractivity contribution is -0.144. The van der Waals surface area contributed by atoms with E-state index in [1.54, 1.807) is 17.9 Å². The third-order valence-corrected chi connectivity index (χ3v) is 3.59. The molecule has 2 rings (SSSR count). The number of halogens is 1. The highest BCUT2D eigenvalue weighted by molar-refractivity contribution is 7.16. The summed E-state index contributed by atoms with van der Waals surface area (Å²) in [5.41, 5.74) is 0. The van der Waals surface area contributed by atoms with E-state index < -0.39 is 6.04 Å². The normalized spacial score (nSPS) is 21.1. The van der Waals surface area contributed by atoms with E-state index in [4.69, 9.17) is 11.6 Å². The highest BCUT2D eigenvalue weighted by atomic mass is 35.5. The minimum absolute atomic E-state index is 0.0517. The van der Waals surface area contributed by atoms with Crippen LogP contribution < -0.4 is 5.32 Å². The molecule has 1 aromatic rings. The molecule has 1 aromatic heterocycles. The van der Waals surface area contributed by atoms with Gasteiger partial charge in [-0.3, -0.25) is 9.59 Å². The van der Waals surface area contributed by atoms with Crippen molar-refractivity contribution < 1.29 is 9.59 Å². The SMILES string of the molecule is CC1NC(=O)CN(Cc2ccc(Cl)s2)C1=O. The third-order valence-electron chi connectivity index (χ3n) is 2.37. The number of hydrogen-bond acceptors (Lipinski definition) is 3. The number of thiophene rings is 1. The molecule has 86 valence electrons. The first-order valence-corrected chi connectivity index (χ1v) is 6.08. The molecule has 1 aliphatic heterocycles. The van der Waals surface area contributed by atoms with E-state index in [0.717, 1.165) is 4.88 Å². The molecule has 1 unspecified atom stereocenters. The second kappa shape index (κ2) is 4.43. The average Bonchev–Trinajstić information content (AvgIpc) is 2.60. The molecule has 1 atom stereocenters. The lowest BCUT2D eigenvalue weighted by Gasteiger charge is -2.30. The van der Waals surface area contributed by atoms with Crippen LogP contribution in [0.4, 0.5) is 0 Å². The summed E-state index contributed by atoms with van der Waals surface area (Å²) in [5.74, 6) is -0.168. The predicted octanol–water partition coefficient (Wildman–Crippen LogP) is 1.25. The van der Waals surface area contributed by atoms with E-state index in [1.807, 2.05) is 6.07 Å². The summed E-state index contributed by atoms with van der Waals surface area (Å²) in [4.78, 5) is 25.6. The molecule has 1 fully saturated rings. The van der Waals surface area contributed by atoms with Gasteiger partial charge in [0.1, 0.15) is 6.04 Å². The van der Waals surface area contributed by atoms with Crippen LogP contribution >= 0.6 is 22.9 Å². The number of nitrogens with one attached hydrogen (secondary N) is 1. The Bertz CT molecular complexity index is 432. The van der Waals surface area contributed by atoms with Crippen molar-refractivity contribution in [3.8, 4) is 0 Å². The molecule has 4 nitrogen and oxygen atoms in total. The Morgan fingerprint density at radius 1 is 1.56 bits per heavy atom. The van der Waals surface area contributed by atoms with Gasteiger partial charge in [-0.1, -0.05) is 11.6 Å². The third kappa shape index (κ3) is 2.36. The van der Waals surface area contributed by atoms with Crippen LogP contribution in [0.2, 0.25) is 4.34 Å². The van der Waals surface area contributed by atoms with Crippen LogP contribution in [0.25, 0.3) is 0 Å². The van der Waals surface area contributed by atoms with Gasteiger partial charge in [0.25, 0.3) is 0 Å². The van der Waals surface area contributed by atoms with Gasteiger partial charge in [-0.25, -0.2) is 0 Å². The number of amides is 2. The van der Waals surface area contributed by atoms with Gasteiger partial charge in [0, 0.05) is 4.88 Å². The van der Waals surface area contributed by atoms with Crippen molar-refractivity contribution in [2.45, 2.75) is 19.5 Å². The van der Waals surface area contributed by atoms with Gasteiger partial charge in [0.15, 0.2) is 0 Å². The minimum atomic E-state index is -0.434. The highest BCUT2D eigenvalue weighted by Gasteiger charge is 2.29. The van der Waals surface area contributed by atoms with Gasteiger partial charge in [0.05, 0.1) is 17.4 Å². The molecule has 2 amide bonds. The Labute approximate surface area is 102 Å². The molecule has 0 aromatic carbocycles. The van der Waals surface area contributed by atoms with Crippen molar-refractivity contribution in [3.05, 3.63) is 21.3 Å². The van der Waals surface area contributed by atoms with Gasteiger partial charge in [-0.05, 0) is 19.1 Å². The molecule has 0 bridgehead atoms. The second-order valence-electron chi connectivity index (χ2n) is 3.69. The fourth-order valence-electron chi connectivity index (χ4n) is 1.63. The van der Waals surface area contributed by atoms with Crippen LogP contribution in [0.15, 0.2) is 12.1 Å². The lowest BCUT2D eigenvalue weighted by atomic mass is 10.2. The quantitative estimate of drug-likeness (QED) is 0.868. The number of nitrogens with zero attached hydrogens (tertiary/aromatic N) is 1. The van der Waals surface area contributed by atoms with E-state index in [0.29, 0.717) is 10.9 Å². The summed E-state index contributed by atoms with van der Waals surface area (Å²) < 4.78 is 0.692. The smallest absolute Gasteiger partial charge is 0.245 e. The zero-order valence-corrected chi connectivity index (χ0v) is 10.3.